The molecule has 2 rings (SSSR count). The summed E-state index contributed by atoms with van der Waals surface area (Å²) in [5.74, 6) is -1.69. The molecule has 1 aromatic rings. The summed E-state index contributed by atoms with van der Waals surface area (Å²) in [6.07, 6.45) is -3.55. The second-order valence-electron chi connectivity index (χ2n) is 5.36. The number of urea groups is 1. The Labute approximate surface area is 145 Å². The van der Waals surface area contributed by atoms with Crippen molar-refractivity contribution in [1.82, 2.24) is 15.2 Å². The van der Waals surface area contributed by atoms with Crippen LogP contribution in [0.25, 0.3) is 0 Å². The largest absolute Gasteiger partial charge is 0.481 e. The van der Waals surface area contributed by atoms with Gasteiger partial charge < -0.3 is 20.1 Å². The number of likely N-dealkylation sites (tertiary alicyclic amines) is 1. The Hall–Kier alpha value is -2.23. The van der Waals surface area contributed by atoms with Crippen molar-refractivity contribution in [3.05, 3.63) is 22.8 Å². The molecule has 1 aromatic heterocycles. The van der Waals surface area contributed by atoms with E-state index < -0.39 is 29.7 Å². The van der Waals surface area contributed by atoms with Gasteiger partial charge in [-0.15, -0.1) is 0 Å². The Bertz CT molecular complexity index is 657. The normalized spacial score (nSPS) is 17.4. The van der Waals surface area contributed by atoms with Gasteiger partial charge in [-0.2, -0.15) is 13.2 Å². The maximum absolute atomic E-state index is 12.5. The first-order chi connectivity index (χ1) is 11.7. The van der Waals surface area contributed by atoms with Crippen molar-refractivity contribution in [3.8, 4) is 5.88 Å². The van der Waals surface area contributed by atoms with Crippen LogP contribution in [0.15, 0.2) is 12.3 Å². The zero-order valence-electron chi connectivity index (χ0n) is 12.8. The number of carbonyl (C=O) groups excluding carboxylic acids is 1. The average Bonchev–Trinajstić information content (AvgIpc) is 3.01. The van der Waals surface area contributed by atoms with E-state index in [0.29, 0.717) is 25.2 Å². The second kappa shape index (κ2) is 7.77. The van der Waals surface area contributed by atoms with Crippen molar-refractivity contribution in [1.29, 1.82) is 0 Å². The van der Waals surface area contributed by atoms with Crippen molar-refractivity contribution >= 4 is 23.6 Å². The van der Waals surface area contributed by atoms with E-state index in [1.54, 1.807) is 0 Å². The minimum absolute atomic E-state index is 0.0555. The van der Waals surface area contributed by atoms with E-state index in [1.807, 2.05) is 0 Å². The van der Waals surface area contributed by atoms with Crippen LogP contribution in [0.5, 0.6) is 5.88 Å². The van der Waals surface area contributed by atoms with Gasteiger partial charge in [-0.3, -0.25) is 4.79 Å². The number of hydrogen-bond donors (Lipinski definition) is 2. The number of ether oxygens (including phenoxy) is 1. The zero-order valence-corrected chi connectivity index (χ0v) is 13.6. The molecule has 25 heavy (non-hydrogen) atoms. The summed E-state index contributed by atoms with van der Waals surface area (Å²) >= 11 is 5.69. The van der Waals surface area contributed by atoms with Gasteiger partial charge >= 0.3 is 18.2 Å². The van der Waals surface area contributed by atoms with E-state index in [1.165, 1.54) is 4.90 Å². The molecule has 2 amide bonds. The quantitative estimate of drug-likeness (QED) is 0.763. The van der Waals surface area contributed by atoms with E-state index in [4.69, 9.17) is 21.4 Å². The third-order valence-corrected chi connectivity index (χ3v) is 3.85. The molecule has 1 aliphatic rings. The van der Waals surface area contributed by atoms with Gasteiger partial charge in [-0.05, 0) is 12.5 Å². The van der Waals surface area contributed by atoms with Crippen LogP contribution >= 0.6 is 11.6 Å². The molecule has 1 aliphatic heterocycles. The molecule has 0 aromatic carbocycles. The van der Waals surface area contributed by atoms with Gasteiger partial charge in [-0.1, -0.05) is 11.6 Å². The molecule has 2 heterocycles. The van der Waals surface area contributed by atoms with Gasteiger partial charge in [0.15, 0.2) is 0 Å². The number of amides is 2. The molecule has 1 unspecified atom stereocenters. The second-order valence-corrected chi connectivity index (χ2v) is 5.77. The highest BCUT2D eigenvalue weighted by Crippen LogP contribution is 2.32. The molecule has 11 heteroatoms. The van der Waals surface area contributed by atoms with Crippen molar-refractivity contribution in [2.45, 2.75) is 12.6 Å². The lowest BCUT2D eigenvalue weighted by Crippen LogP contribution is -2.40. The number of aliphatic carboxylic acids is 1. The third-order valence-electron chi connectivity index (χ3n) is 3.58. The summed E-state index contributed by atoms with van der Waals surface area (Å²) in [5.41, 5.74) is -0.986. The standard InChI is InChI=1S/C14H15ClF3N3O4/c15-10-5-9(14(16,17)18)6-20-11(10)25-4-2-19-13(24)21-3-1-8(7-21)12(22)23/h5-6,8H,1-4,7H2,(H,19,24)(H,22,23). The first-order valence-electron chi connectivity index (χ1n) is 7.29. The zero-order chi connectivity index (χ0) is 18.6. The third kappa shape index (κ3) is 5.12. The summed E-state index contributed by atoms with van der Waals surface area (Å²) in [7, 11) is 0. The lowest BCUT2D eigenvalue weighted by molar-refractivity contribution is -0.141. The fraction of sp³-hybridized carbons (Fsp3) is 0.500. The van der Waals surface area contributed by atoms with Crippen molar-refractivity contribution in [3.63, 3.8) is 0 Å². The highest BCUT2D eigenvalue weighted by molar-refractivity contribution is 6.31. The highest BCUT2D eigenvalue weighted by Gasteiger charge is 2.32. The summed E-state index contributed by atoms with van der Waals surface area (Å²) in [5, 5.41) is 11.1. The molecule has 0 radical (unpaired) electrons. The molecule has 0 saturated carbocycles. The minimum Gasteiger partial charge on any atom is -0.481 e. The van der Waals surface area contributed by atoms with Gasteiger partial charge in [0, 0.05) is 19.3 Å². The molecule has 1 atom stereocenters. The Morgan fingerprint density at radius 3 is 2.76 bits per heavy atom. The Morgan fingerprint density at radius 1 is 1.48 bits per heavy atom. The van der Waals surface area contributed by atoms with Crippen molar-refractivity contribution in [2.24, 2.45) is 5.92 Å². The molecule has 1 saturated heterocycles. The van der Waals surface area contributed by atoms with E-state index in [9.17, 15) is 22.8 Å². The minimum atomic E-state index is -4.55. The molecule has 1 fully saturated rings. The van der Waals surface area contributed by atoms with Crippen molar-refractivity contribution < 1.29 is 32.6 Å². The first kappa shape index (κ1) is 19.1. The molecule has 0 spiro atoms. The van der Waals surface area contributed by atoms with Crippen LogP contribution in [-0.2, 0) is 11.0 Å². The predicted molar refractivity (Wildman–Crippen MR) is 80.5 cm³/mol. The first-order valence-corrected chi connectivity index (χ1v) is 7.67. The number of rotatable bonds is 5. The topological polar surface area (TPSA) is 91.8 Å². The number of nitrogens with zero attached hydrogens (tertiary/aromatic N) is 2. The van der Waals surface area contributed by atoms with Crippen LogP contribution in [0.2, 0.25) is 5.02 Å². The Morgan fingerprint density at radius 2 is 2.20 bits per heavy atom. The van der Waals surface area contributed by atoms with E-state index in [2.05, 4.69) is 10.3 Å². The molecule has 0 bridgehead atoms. The fourth-order valence-corrected chi connectivity index (χ4v) is 2.47. The molecule has 0 aliphatic carbocycles. The monoisotopic (exact) mass is 381 g/mol. The number of carbonyl (C=O) groups is 2. The number of carboxylic acids is 1. The summed E-state index contributed by atoms with van der Waals surface area (Å²) < 4.78 is 42.6. The number of halogens is 4. The van der Waals surface area contributed by atoms with Crippen molar-refractivity contribution in [2.75, 3.05) is 26.2 Å². The van der Waals surface area contributed by atoms with Gasteiger partial charge in [0.05, 0.1) is 18.0 Å². The number of hydrogen-bond acceptors (Lipinski definition) is 4. The number of pyridine rings is 1. The predicted octanol–water partition coefficient (Wildman–Crippen LogP) is 2.25. The van der Waals surface area contributed by atoms with Crippen LogP contribution in [-0.4, -0.2) is 53.2 Å². The lowest BCUT2D eigenvalue weighted by Gasteiger charge is -2.17. The lowest BCUT2D eigenvalue weighted by atomic mass is 10.1. The summed E-state index contributed by atoms with van der Waals surface area (Å²) in [6, 6.07) is 0.275. The van der Waals surface area contributed by atoms with E-state index in [-0.39, 0.29) is 30.6 Å². The van der Waals surface area contributed by atoms with Crippen LogP contribution < -0.4 is 10.1 Å². The number of carboxylic acid groups (broad SMARTS) is 1. The van der Waals surface area contributed by atoms with Gasteiger partial charge in [0.25, 0.3) is 0 Å². The van der Waals surface area contributed by atoms with E-state index in [0.717, 1.165) is 0 Å². The number of nitrogens with one attached hydrogen (secondary N) is 1. The number of alkyl halides is 3. The van der Waals surface area contributed by atoms with Gasteiger partial charge in [0.2, 0.25) is 5.88 Å². The molecule has 2 N–H and O–H groups in total. The Balaban J connectivity index is 1.76. The van der Waals surface area contributed by atoms with Crippen LogP contribution in [0.4, 0.5) is 18.0 Å². The molecule has 138 valence electrons. The maximum atomic E-state index is 12.5. The summed E-state index contributed by atoms with van der Waals surface area (Å²) in [6.45, 7) is 0.483. The summed E-state index contributed by atoms with van der Waals surface area (Å²) in [4.78, 5) is 27.6. The van der Waals surface area contributed by atoms with Gasteiger partial charge in [0.1, 0.15) is 11.6 Å². The van der Waals surface area contributed by atoms with Crippen LogP contribution in [0.3, 0.4) is 0 Å². The number of aromatic nitrogens is 1. The Kier molecular flexibility index (Phi) is 5.93. The molecular formula is C14H15ClF3N3O4. The van der Waals surface area contributed by atoms with Gasteiger partial charge in [-0.25, -0.2) is 9.78 Å². The average molecular weight is 382 g/mol. The van der Waals surface area contributed by atoms with Crippen LogP contribution in [0.1, 0.15) is 12.0 Å². The maximum Gasteiger partial charge on any atom is 0.417 e. The fourth-order valence-electron chi connectivity index (χ4n) is 2.25. The molecular weight excluding hydrogens is 367 g/mol. The van der Waals surface area contributed by atoms with E-state index >= 15 is 0 Å². The highest BCUT2D eigenvalue weighted by atomic mass is 35.5. The molecule has 7 nitrogen and oxygen atoms in total. The van der Waals surface area contributed by atoms with Crippen LogP contribution in [0, 0.1) is 5.92 Å². The SMILES string of the molecule is O=C(O)C1CCN(C(=O)NCCOc2ncc(C(F)(F)F)cc2Cl)C1. The smallest absolute Gasteiger partial charge is 0.417 e.